The van der Waals surface area contributed by atoms with Crippen molar-refractivity contribution in [1.29, 1.82) is 0 Å². The molecule has 3 aromatic carbocycles. The van der Waals surface area contributed by atoms with E-state index < -0.39 is 75.2 Å². The highest BCUT2D eigenvalue weighted by molar-refractivity contribution is 7.90. The molecule has 0 radical (unpaired) electrons. The number of hydrogen-bond acceptors (Lipinski definition) is 13. The second-order valence-electron chi connectivity index (χ2n) is 16.8. The van der Waals surface area contributed by atoms with Gasteiger partial charge < -0.3 is 34.9 Å². The second kappa shape index (κ2) is 20.7. The molecule has 66 heavy (non-hydrogen) atoms. The van der Waals surface area contributed by atoms with Crippen LogP contribution in [0.25, 0.3) is 16.8 Å². The van der Waals surface area contributed by atoms with E-state index in [1.54, 1.807) is 103 Å². The monoisotopic (exact) mass is 929 g/mol. The standard InChI is InChI=1S/C46H52FN7O11S/c1-26(2)39(51-44(58)65-46(6,7)8)41(56)50-40(27(3)4)42(57)63-28(5)64-45(59)54(35-21-20-34(66(10,60)61)24-36(35)62-9)43-49-37-22-15-31(25-53(37)52-43)30-13-18-33(19-14-30)48-38(55)23-29-11-16-32(47)17-12-29/h11-22,24-27,39-40H,5,23H2,1-4,6-10H3,(H,48,55)(H,50,56)(H,51,58)/t39-,40-/m0/s1. The number of rotatable bonds is 16. The Bertz CT molecular complexity index is 2730. The summed E-state index contributed by atoms with van der Waals surface area (Å²) in [6.07, 6.45) is 0.608. The maximum Gasteiger partial charge on any atom is 0.429 e. The molecule has 350 valence electrons. The van der Waals surface area contributed by atoms with Gasteiger partial charge in [-0.3, -0.25) is 9.59 Å². The summed E-state index contributed by atoms with van der Waals surface area (Å²) in [5, 5.41) is 12.5. The number of fused-ring (bicyclic) bond motifs is 1. The molecule has 0 saturated heterocycles. The number of halogens is 1. The zero-order valence-corrected chi connectivity index (χ0v) is 38.7. The third kappa shape index (κ3) is 13.1. The minimum Gasteiger partial charge on any atom is -0.495 e. The van der Waals surface area contributed by atoms with Crippen molar-refractivity contribution in [2.24, 2.45) is 11.8 Å². The van der Waals surface area contributed by atoms with Gasteiger partial charge in [-0.1, -0.05) is 52.0 Å². The minimum atomic E-state index is -3.73. The van der Waals surface area contributed by atoms with Gasteiger partial charge in [0.05, 0.1) is 24.1 Å². The summed E-state index contributed by atoms with van der Waals surface area (Å²) in [5.74, 6) is -4.56. The maximum absolute atomic E-state index is 14.1. The van der Waals surface area contributed by atoms with Crippen LogP contribution in [0, 0.1) is 17.7 Å². The molecule has 0 fully saturated rings. The molecule has 0 aliphatic carbocycles. The van der Waals surface area contributed by atoms with Crippen LogP contribution in [-0.2, 0) is 44.9 Å². The van der Waals surface area contributed by atoms with E-state index in [-0.39, 0.29) is 40.3 Å². The van der Waals surface area contributed by atoms with E-state index >= 15 is 0 Å². The summed E-state index contributed by atoms with van der Waals surface area (Å²) < 4.78 is 61.1. The number of alkyl carbamates (subject to hydrolysis) is 1. The summed E-state index contributed by atoms with van der Waals surface area (Å²) in [4.78, 5) is 71.5. The fourth-order valence-electron chi connectivity index (χ4n) is 6.29. The zero-order chi connectivity index (χ0) is 48.7. The molecule has 0 saturated carbocycles. The van der Waals surface area contributed by atoms with Crippen molar-refractivity contribution >= 4 is 62.8 Å². The van der Waals surface area contributed by atoms with Gasteiger partial charge in [0.15, 0.2) is 15.5 Å². The first-order valence-corrected chi connectivity index (χ1v) is 22.4. The van der Waals surface area contributed by atoms with Crippen LogP contribution >= 0.6 is 0 Å². The Morgan fingerprint density at radius 3 is 2.08 bits per heavy atom. The quantitative estimate of drug-likeness (QED) is 0.0663. The third-order valence-electron chi connectivity index (χ3n) is 9.56. The fraction of sp³-hybridized carbons (Fsp3) is 0.326. The van der Waals surface area contributed by atoms with Gasteiger partial charge in [0, 0.05) is 29.8 Å². The molecule has 3 N–H and O–H groups in total. The van der Waals surface area contributed by atoms with Gasteiger partial charge in [-0.05, 0) is 98.8 Å². The van der Waals surface area contributed by atoms with E-state index in [9.17, 15) is 36.8 Å². The van der Waals surface area contributed by atoms with Crippen molar-refractivity contribution in [2.75, 3.05) is 23.6 Å². The van der Waals surface area contributed by atoms with Crippen molar-refractivity contribution in [3.8, 4) is 16.9 Å². The van der Waals surface area contributed by atoms with Crippen LogP contribution < -0.4 is 25.6 Å². The largest absolute Gasteiger partial charge is 0.495 e. The lowest BCUT2D eigenvalue weighted by Crippen LogP contribution is -2.55. The summed E-state index contributed by atoms with van der Waals surface area (Å²) in [7, 11) is -2.47. The number of amides is 4. The number of esters is 1. The number of sulfone groups is 1. The smallest absolute Gasteiger partial charge is 0.429 e. The Labute approximate surface area is 381 Å². The molecule has 2 atom stereocenters. The van der Waals surface area contributed by atoms with Gasteiger partial charge in [0.1, 0.15) is 29.3 Å². The van der Waals surface area contributed by atoms with Crippen molar-refractivity contribution in [1.82, 2.24) is 25.2 Å². The molecule has 0 bridgehead atoms. The summed E-state index contributed by atoms with van der Waals surface area (Å²) in [6.45, 7) is 15.3. The molecule has 2 heterocycles. The number of benzene rings is 3. The Morgan fingerprint density at radius 2 is 1.48 bits per heavy atom. The van der Waals surface area contributed by atoms with E-state index in [2.05, 4.69) is 32.6 Å². The van der Waals surface area contributed by atoms with Gasteiger partial charge >= 0.3 is 18.2 Å². The predicted molar refractivity (Wildman–Crippen MR) is 242 cm³/mol. The highest BCUT2D eigenvalue weighted by atomic mass is 32.2. The number of hydrogen-bond donors (Lipinski definition) is 3. The Hall–Kier alpha value is -7.35. The highest BCUT2D eigenvalue weighted by Crippen LogP contribution is 2.36. The van der Waals surface area contributed by atoms with Gasteiger partial charge in [0.2, 0.25) is 11.8 Å². The molecule has 0 unspecified atom stereocenters. The van der Waals surface area contributed by atoms with Gasteiger partial charge in [0.25, 0.3) is 11.9 Å². The van der Waals surface area contributed by atoms with E-state index in [1.165, 1.54) is 42.0 Å². The Kier molecular flexibility index (Phi) is 15.5. The van der Waals surface area contributed by atoms with Crippen LogP contribution in [0.15, 0.2) is 102 Å². The molecule has 5 rings (SSSR count). The lowest BCUT2D eigenvalue weighted by Gasteiger charge is -2.28. The fourth-order valence-corrected chi connectivity index (χ4v) is 6.92. The van der Waals surface area contributed by atoms with Crippen LogP contribution in [0.1, 0.15) is 54.0 Å². The van der Waals surface area contributed by atoms with E-state index in [0.717, 1.165) is 16.7 Å². The minimum absolute atomic E-state index is 0.0556. The van der Waals surface area contributed by atoms with Crippen molar-refractivity contribution in [3.05, 3.63) is 109 Å². The summed E-state index contributed by atoms with van der Waals surface area (Å²) in [6, 6.07) is 17.3. The van der Waals surface area contributed by atoms with Crippen molar-refractivity contribution in [2.45, 2.75) is 77.5 Å². The van der Waals surface area contributed by atoms with Crippen LogP contribution in [-0.4, -0.2) is 84.0 Å². The molecule has 0 aliphatic heterocycles. The van der Waals surface area contributed by atoms with Gasteiger partial charge in [-0.2, -0.15) is 4.98 Å². The van der Waals surface area contributed by atoms with Crippen LogP contribution in [0.5, 0.6) is 5.75 Å². The maximum atomic E-state index is 14.1. The lowest BCUT2D eigenvalue weighted by atomic mass is 10.0. The molecular weight excluding hydrogens is 878 g/mol. The van der Waals surface area contributed by atoms with E-state index in [4.69, 9.17) is 18.9 Å². The number of nitrogens with one attached hydrogen (secondary N) is 3. The first kappa shape index (κ1) is 49.7. The Balaban J connectivity index is 1.38. The molecule has 0 spiro atoms. The first-order chi connectivity index (χ1) is 30.9. The number of methoxy groups -OCH3 is 1. The third-order valence-corrected chi connectivity index (χ3v) is 10.7. The van der Waals surface area contributed by atoms with Crippen LogP contribution in [0.2, 0.25) is 0 Å². The number of carbonyl (C=O) groups excluding carboxylic acids is 5. The van der Waals surface area contributed by atoms with E-state index in [1.807, 2.05) is 0 Å². The number of ether oxygens (including phenoxy) is 4. The SMILES string of the molecule is C=C(OC(=O)[C@@H](NC(=O)[C@@H](NC(=O)OC(C)(C)C)C(C)C)C(C)C)OC(=O)N(c1nc2ccc(-c3ccc(NC(=O)Cc4ccc(F)cc4)cc3)cn2n1)c1ccc(S(C)(=O)=O)cc1OC. The van der Waals surface area contributed by atoms with Gasteiger partial charge in [-0.15, -0.1) is 5.10 Å². The van der Waals surface area contributed by atoms with Gasteiger partial charge in [-0.25, -0.2) is 36.6 Å². The second-order valence-corrected chi connectivity index (χ2v) is 18.8. The molecule has 20 heteroatoms. The number of carbonyl (C=O) groups is 5. The molecule has 5 aromatic rings. The molecular formula is C46H52FN7O11S. The van der Waals surface area contributed by atoms with Crippen LogP contribution in [0.4, 0.5) is 31.3 Å². The Morgan fingerprint density at radius 1 is 0.848 bits per heavy atom. The van der Waals surface area contributed by atoms with Crippen molar-refractivity contribution in [3.63, 3.8) is 0 Å². The average Bonchev–Trinajstić information content (AvgIpc) is 3.64. The highest BCUT2D eigenvalue weighted by Gasteiger charge is 2.34. The summed E-state index contributed by atoms with van der Waals surface area (Å²) in [5.41, 5.74) is 1.96. The number of aromatic nitrogens is 3. The number of nitrogens with zero attached hydrogens (tertiary/aromatic N) is 4. The molecule has 0 aliphatic rings. The van der Waals surface area contributed by atoms with Crippen molar-refractivity contribution < 1.29 is 55.7 Å². The zero-order valence-electron chi connectivity index (χ0n) is 37.9. The van der Waals surface area contributed by atoms with Crippen LogP contribution in [0.3, 0.4) is 0 Å². The lowest BCUT2D eigenvalue weighted by molar-refractivity contribution is -0.149. The normalized spacial score (nSPS) is 12.5. The van der Waals surface area contributed by atoms with E-state index in [0.29, 0.717) is 16.8 Å². The average molecular weight is 930 g/mol. The number of pyridine rings is 1. The topological polar surface area (TPSA) is 226 Å². The number of anilines is 3. The summed E-state index contributed by atoms with van der Waals surface area (Å²) >= 11 is 0. The molecule has 4 amide bonds. The first-order valence-electron chi connectivity index (χ1n) is 20.5. The predicted octanol–water partition coefficient (Wildman–Crippen LogP) is 7.11. The molecule has 18 nitrogen and oxygen atoms in total. The molecule has 2 aromatic heterocycles.